The molecule has 0 bridgehead atoms. The molecular formula is C17H24N2O6. The van der Waals surface area contributed by atoms with E-state index < -0.39 is 30.6 Å². The molecule has 1 fully saturated rings. The Balaban J connectivity index is 1.71. The number of cyclic esters (lactones) is 1. The van der Waals surface area contributed by atoms with Gasteiger partial charge in [-0.05, 0) is 19.4 Å². The SMILES string of the molecule is CCOC(C)OC[C@H]1OC(=O)N[C@@H]1CNC(=O)OCc1ccccc1. The number of ether oxygens (including phenoxy) is 4. The summed E-state index contributed by atoms with van der Waals surface area (Å²) in [6, 6.07) is 8.97. The van der Waals surface area contributed by atoms with E-state index in [1.165, 1.54) is 0 Å². The number of alkyl carbamates (subject to hydrolysis) is 2. The minimum Gasteiger partial charge on any atom is -0.445 e. The first kappa shape index (κ1) is 19.0. The van der Waals surface area contributed by atoms with Crippen LogP contribution in [0.5, 0.6) is 0 Å². The van der Waals surface area contributed by atoms with Gasteiger partial charge in [0, 0.05) is 13.2 Å². The van der Waals surface area contributed by atoms with E-state index in [2.05, 4.69) is 10.6 Å². The zero-order valence-electron chi connectivity index (χ0n) is 14.4. The number of hydrogen-bond acceptors (Lipinski definition) is 6. The number of nitrogens with one attached hydrogen (secondary N) is 2. The third-order valence-electron chi connectivity index (χ3n) is 3.59. The standard InChI is InChI=1S/C17H24N2O6/c1-3-22-12(2)23-11-15-14(19-17(21)25-15)9-18-16(20)24-10-13-7-5-4-6-8-13/h4-8,12,14-15H,3,9-11H2,1-2H3,(H,18,20)(H,19,21)/t12?,14-,15-/m1/s1. The summed E-state index contributed by atoms with van der Waals surface area (Å²) in [5.41, 5.74) is 0.895. The van der Waals surface area contributed by atoms with Crippen LogP contribution in [0.1, 0.15) is 19.4 Å². The Labute approximate surface area is 146 Å². The number of amides is 2. The first-order valence-electron chi connectivity index (χ1n) is 8.23. The van der Waals surface area contributed by atoms with Gasteiger partial charge in [-0.3, -0.25) is 0 Å². The fourth-order valence-corrected chi connectivity index (χ4v) is 2.31. The van der Waals surface area contributed by atoms with E-state index in [1.54, 1.807) is 6.92 Å². The van der Waals surface area contributed by atoms with Gasteiger partial charge in [-0.25, -0.2) is 9.59 Å². The van der Waals surface area contributed by atoms with Gasteiger partial charge in [0.05, 0.1) is 12.6 Å². The van der Waals surface area contributed by atoms with Crippen LogP contribution < -0.4 is 10.6 Å². The maximum absolute atomic E-state index is 11.8. The third-order valence-corrected chi connectivity index (χ3v) is 3.59. The van der Waals surface area contributed by atoms with Crippen molar-refractivity contribution >= 4 is 12.2 Å². The van der Waals surface area contributed by atoms with Crippen LogP contribution in [0.2, 0.25) is 0 Å². The Kier molecular flexibility index (Phi) is 7.49. The normalized spacial score (nSPS) is 20.5. The van der Waals surface area contributed by atoms with Crippen LogP contribution >= 0.6 is 0 Å². The smallest absolute Gasteiger partial charge is 0.407 e. The quantitative estimate of drug-likeness (QED) is 0.658. The fraction of sp³-hybridized carbons (Fsp3) is 0.529. The molecule has 0 radical (unpaired) electrons. The fourth-order valence-electron chi connectivity index (χ4n) is 2.31. The van der Waals surface area contributed by atoms with Crippen LogP contribution in [0.3, 0.4) is 0 Å². The van der Waals surface area contributed by atoms with Crippen LogP contribution in [0.4, 0.5) is 9.59 Å². The summed E-state index contributed by atoms with van der Waals surface area (Å²) in [4.78, 5) is 23.2. The van der Waals surface area contributed by atoms with E-state index in [9.17, 15) is 9.59 Å². The lowest BCUT2D eigenvalue weighted by Crippen LogP contribution is -2.45. The van der Waals surface area contributed by atoms with Gasteiger partial charge in [-0.1, -0.05) is 30.3 Å². The molecule has 1 saturated heterocycles. The zero-order chi connectivity index (χ0) is 18.1. The number of benzene rings is 1. The van der Waals surface area contributed by atoms with Gasteiger partial charge < -0.3 is 29.6 Å². The minimum absolute atomic E-state index is 0.172. The summed E-state index contributed by atoms with van der Waals surface area (Å²) in [6.45, 7) is 4.69. The lowest BCUT2D eigenvalue weighted by Gasteiger charge is -2.20. The summed E-state index contributed by atoms with van der Waals surface area (Å²) in [6.07, 6.45) is -2.01. The summed E-state index contributed by atoms with van der Waals surface area (Å²) < 4.78 is 21.0. The average Bonchev–Trinajstić information content (AvgIpc) is 2.97. The number of hydrogen-bond donors (Lipinski definition) is 2. The van der Waals surface area contributed by atoms with Crippen molar-refractivity contribution in [1.82, 2.24) is 10.6 Å². The van der Waals surface area contributed by atoms with Crippen molar-refractivity contribution in [2.75, 3.05) is 19.8 Å². The summed E-state index contributed by atoms with van der Waals surface area (Å²) in [5, 5.41) is 5.25. The molecule has 25 heavy (non-hydrogen) atoms. The summed E-state index contributed by atoms with van der Waals surface area (Å²) >= 11 is 0. The Morgan fingerprint density at radius 1 is 1.32 bits per heavy atom. The Morgan fingerprint density at radius 3 is 2.80 bits per heavy atom. The highest BCUT2D eigenvalue weighted by Crippen LogP contribution is 2.10. The second-order valence-electron chi connectivity index (χ2n) is 5.49. The average molecular weight is 352 g/mol. The molecule has 2 amide bonds. The Hall–Kier alpha value is -2.32. The molecule has 0 saturated carbocycles. The molecule has 3 atom stereocenters. The van der Waals surface area contributed by atoms with Crippen LogP contribution in [-0.2, 0) is 25.6 Å². The maximum Gasteiger partial charge on any atom is 0.407 e. The maximum atomic E-state index is 11.8. The molecule has 1 aromatic carbocycles. The van der Waals surface area contributed by atoms with Crippen molar-refractivity contribution in [2.24, 2.45) is 0 Å². The largest absolute Gasteiger partial charge is 0.445 e. The summed E-state index contributed by atoms with van der Waals surface area (Å²) in [7, 11) is 0. The molecular weight excluding hydrogens is 328 g/mol. The van der Waals surface area contributed by atoms with Gasteiger partial charge in [-0.2, -0.15) is 0 Å². The zero-order valence-corrected chi connectivity index (χ0v) is 14.4. The lowest BCUT2D eigenvalue weighted by molar-refractivity contribution is -0.142. The predicted octanol–water partition coefficient (Wildman–Crippen LogP) is 1.79. The molecule has 8 nitrogen and oxygen atoms in total. The molecule has 0 aromatic heterocycles. The minimum atomic E-state index is -0.563. The number of rotatable bonds is 9. The first-order valence-corrected chi connectivity index (χ1v) is 8.23. The van der Waals surface area contributed by atoms with Crippen LogP contribution in [0.15, 0.2) is 30.3 Å². The van der Waals surface area contributed by atoms with Crippen molar-refractivity contribution in [3.8, 4) is 0 Å². The predicted molar refractivity (Wildman–Crippen MR) is 88.9 cm³/mol. The lowest BCUT2D eigenvalue weighted by atomic mass is 10.2. The van der Waals surface area contributed by atoms with Gasteiger partial charge in [0.15, 0.2) is 6.29 Å². The van der Waals surface area contributed by atoms with Gasteiger partial charge in [0.1, 0.15) is 12.7 Å². The molecule has 2 rings (SSSR count). The van der Waals surface area contributed by atoms with Crippen molar-refractivity contribution in [3.63, 3.8) is 0 Å². The van der Waals surface area contributed by atoms with Gasteiger partial charge in [-0.15, -0.1) is 0 Å². The van der Waals surface area contributed by atoms with Gasteiger partial charge in [0.25, 0.3) is 0 Å². The Morgan fingerprint density at radius 2 is 2.08 bits per heavy atom. The molecule has 2 N–H and O–H groups in total. The molecule has 1 aromatic rings. The second kappa shape index (κ2) is 9.85. The monoisotopic (exact) mass is 352 g/mol. The van der Waals surface area contributed by atoms with E-state index in [0.717, 1.165) is 5.56 Å². The molecule has 0 aliphatic carbocycles. The number of carbonyl (C=O) groups excluding carboxylic acids is 2. The van der Waals surface area contributed by atoms with E-state index in [-0.39, 0.29) is 19.8 Å². The third kappa shape index (κ3) is 6.60. The molecule has 1 aliphatic heterocycles. The highest BCUT2D eigenvalue weighted by molar-refractivity contribution is 5.71. The Bertz CT molecular complexity index is 553. The highest BCUT2D eigenvalue weighted by atomic mass is 16.7. The van der Waals surface area contributed by atoms with Crippen LogP contribution in [0.25, 0.3) is 0 Å². The van der Waals surface area contributed by atoms with Gasteiger partial charge >= 0.3 is 12.2 Å². The summed E-state index contributed by atoms with van der Waals surface area (Å²) in [5.74, 6) is 0. The van der Waals surface area contributed by atoms with E-state index in [0.29, 0.717) is 6.61 Å². The first-order chi connectivity index (χ1) is 12.1. The van der Waals surface area contributed by atoms with Crippen LogP contribution in [0, 0.1) is 0 Å². The van der Waals surface area contributed by atoms with Crippen molar-refractivity contribution in [1.29, 1.82) is 0 Å². The van der Waals surface area contributed by atoms with Crippen LogP contribution in [-0.4, -0.2) is 50.4 Å². The molecule has 1 aliphatic rings. The topological polar surface area (TPSA) is 95.1 Å². The molecule has 138 valence electrons. The van der Waals surface area contributed by atoms with Crippen molar-refractivity contribution in [2.45, 2.75) is 38.9 Å². The van der Waals surface area contributed by atoms with Crippen molar-refractivity contribution in [3.05, 3.63) is 35.9 Å². The van der Waals surface area contributed by atoms with E-state index in [1.807, 2.05) is 37.3 Å². The van der Waals surface area contributed by atoms with Crippen molar-refractivity contribution < 1.29 is 28.5 Å². The molecule has 1 unspecified atom stereocenters. The molecule has 0 spiro atoms. The molecule has 1 heterocycles. The van der Waals surface area contributed by atoms with E-state index in [4.69, 9.17) is 18.9 Å². The van der Waals surface area contributed by atoms with Gasteiger partial charge in [0.2, 0.25) is 0 Å². The highest BCUT2D eigenvalue weighted by Gasteiger charge is 2.34. The second-order valence-corrected chi connectivity index (χ2v) is 5.49. The molecule has 8 heteroatoms. The van der Waals surface area contributed by atoms with E-state index >= 15 is 0 Å². The number of carbonyl (C=O) groups is 2.